The second-order valence-electron chi connectivity index (χ2n) is 8.82. The van der Waals surface area contributed by atoms with Crippen LogP contribution in [0, 0.1) is 6.92 Å². The van der Waals surface area contributed by atoms with Crippen LogP contribution in [0.2, 0.25) is 0 Å². The number of hydrogen-bond donors (Lipinski definition) is 1. The number of rotatable bonds is 6. The van der Waals surface area contributed by atoms with Crippen LogP contribution < -0.4 is 0 Å². The molecule has 0 radical (unpaired) electrons. The molecular weight excluding hydrogens is 444 g/mol. The Bertz CT molecular complexity index is 1330. The van der Waals surface area contributed by atoms with E-state index in [0.29, 0.717) is 18.9 Å². The number of likely N-dealkylation sites (tertiary alicyclic amines) is 1. The second kappa shape index (κ2) is 9.65. The Kier molecular flexibility index (Phi) is 6.44. The maximum atomic E-state index is 11.8. The van der Waals surface area contributed by atoms with Crippen molar-refractivity contribution in [2.45, 2.75) is 43.7 Å². The van der Waals surface area contributed by atoms with Gasteiger partial charge in [-0.05, 0) is 73.0 Å². The lowest BCUT2D eigenvalue weighted by Crippen LogP contribution is -2.44. The summed E-state index contributed by atoms with van der Waals surface area (Å²) in [6.07, 6.45) is 4.75. The van der Waals surface area contributed by atoms with Gasteiger partial charge in [0.25, 0.3) is 0 Å². The maximum absolute atomic E-state index is 11.8. The van der Waals surface area contributed by atoms with E-state index in [1.54, 1.807) is 11.8 Å². The summed E-state index contributed by atoms with van der Waals surface area (Å²) < 4.78 is 6.24. The first-order chi connectivity index (χ1) is 16.5. The number of piperidine rings is 1. The average molecular weight is 473 g/mol. The van der Waals surface area contributed by atoms with Crippen LogP contribution in [0.4, 0.5) is 0 Å². The first-order valence-electron chi connectivity index (χ1n) is 11.6. The molecule has 1 fully saturated rings. The molecule has 0 aliphatic carbocycles. The molecule has 0 unspecified atom stereocenters. The molecule has 1 aliphatic rings. The molecule has 174 valence electrons. The van der Waals surface area contributed by atoms with Crippen LogP contribution in [-0.2, 0) is 11.3 Å². The number of oxazole rings is 1. The van der Waals surface area contributed by atoms with E-state index in [2.05, 4.69) is 36.1 Å². The van der Waals surface area contributed by atoms with Gasteiger partial charge in [-0.25, -0.2) is 4.98 Å². The molecular formula is C28H28N2O3S. The fourth-order valence-electron chi connectivity index (χ4n) is 4.90. The lowest BCUT2D eigenvalue weighted by Gasteiger charge is -2.33. The van der Waals surface area contributed by atoms with Gasteiger partial charge in [0.2, 0.25) is 5.89 Å². The SMILES string of the molecule is CSc1cc2oc(-c3cccc(-c4ccccc4)c3C)nc2cc1CN1CCCC[C@H]1C(=O)O. The second-order valence-corrected chi connectivity index (χ2v) is 9.66. The summed E-state index contributed by atoms with van der Waals surface area (Å²) in [4.78, 5) is 19.8. The number of thioether (sulfide) groups is 1. The van der Waals surface area contributed by atoms with Crippen LogP contribution in [0.5, 0.6) is 0 Å². The molecule has 34 heavy (non-hydrogen) atoms. The van der Waals surface area contributed by atoms with Crippen molar-refractivity contribution in [3.05, 3.63) is 71.8 Å². The van der Waals surface area contributed by atoms with Crippen molar-refractivity contribution in [2.75, 3.05) is 12.8 Å². The number of benzene rings is 3. The van der Waals surface area contributed by atoms with E-state index in [-0.39, 0.29) is 0 Å². The van der Waals surface area contributed by atoms with Gasteiger partial charge in [-0.15, -0.1) is 11.8 Å². The largest absolute Gasteiger partial charge is 0.480 e. The molecule has 0 spiro atoms. The monoisotopic (exact) mass is 472 g/mol. The third-order valence-electron chi connectivity index (χ3n) is 6.71. The van der Waals surface area contributed by atoms with Gasteiger partial charge in [-0.3, -0.25) is 9.69 Å². The maximum Gasteiger partial charge on any atom is 0.320 e. The summed E-state index contributed by atoms with van der Waals surface area (Å²) >= 11 is 1.65. The molecule has 5 nitrogen and oxygen atoms in total. The van der Waals surface area contributed by atoms with Crippen molar-refractivity contribution in [2.24, 2.45) is 0 Å². The fraction of sp³-hybridized carbons (Fsp3) is 0.286. The Labute approximate surface area is 203 Å². The summed E-state index contributed by atoms with van der Waals surface area (Å²) in [5.41, 5.74) is 7.09. The molecule has 1 atom stereocenters. The van der Waals surface area contributed by atoms with Crippen molar-refractivity contribution in [1.82, 2.24) is 9.88 Å². The van der Waals surface area contributed by atoms with Gasteiger partial charge in [0.1, 0.15) is 11.6 Å². The highest BCUT2D eigenvalue weighted by Gasteiger charge is 2.29. The zero-order valence-corrected chi connectivity index (χ0v) is 20.3. The molecule has 5 rings (SSSR count). The van der Waals surface area contributed by atoms with Gasteiger partial charge in [-0.1, -0.05) is 48.9 Å². The summed E-state index contributed by atoms with van der Waals surface area (Å²) in [6.45, 7) is 3.51. The number of hydrogen-bond acceptors (Lipinski definition) is 5. The van der Waals surface area contributed by atoms with Gasteiger partial charge in [0, 0.05) is 17.0 Å². The minimum absolute atomic E-state index is 0.421. The van der Waals surface area contributed by atoms with Crippen LogP contribution in [0.3, 0.4) is 0 Å². The Balaban J connectivity index is 1.52. The Hall–Kier alpha value is -3.09. The number of aromatic nitrogens is 1. The van der Waals surface area contributed by atoms with Crippen molar-refractivity contribution in [3.63, 3.8) is 0 Å². The molecule has 6 heteroatoms. The normalized spacial score (nSPS) is 16.7. The molecule has 1 N–H and O–H groups in total. The fourth-order valence-corrected chi connectivity index (χ4v) is 5.51. The summed E-state index contributed by atoms with van der Waals surface area (Å²) in [5.74, 6) is -0.125. The van der Waals surface area contributed by atoms with Crippen molar-refractivity contribution < 1.29 is 14.3 Å². The van der Waals surface area contributed by atoms with Crippen molar-refractivity contribution in [1.29, 1.82) is 0 Å². The third kappa shape index (κ3) is 4.36. The number of carboxylic acids is 1. The highest BCUT2D eigenvalue weighted by molar-refractivity contribution is 7.98. The topological polar surface area (TPSA) is 66.6 Å². The number of aliphatic carboxylic acids is 1. The minimum Gasteiger partial charge on any atom is -0.480 e. The van der Waals surface area contributed by atoms with E-state index in [9.17, 15) is 9.90 Å². The van der Waals surface area contributed by atoms with Crippen molar-refractivity contribution in [3.8, 4) is 22.6 Å². The van der Waals surface area contributed by atoms with E-state index in [4.69, 9.17) is 9.40 Å². The molecule has 0 amide bonds. The molecule has 0 saturated carbocycles. The van der Waals surface area contributed by atoms with Crippen molar-refractivity contribution >= 4 is 28.8 Å². The van der Waals surface area contributed by atoms with E-state index in [1.165, 1.54) is 5.56 Å². The van der Waals surface area contributed by atoms with Gasteiger partial charge < -0.3 is 9.52 Å². The van der Waals surface area contributed by atoms with Crippen LogP contribution >= 0.6 is 11.8 Å². The molecule has 0 bridgehead atoms. The van der Waals surface area contributed by atoms with Gasteiger partial charge in [0.15, 0.2) is 5.58 Å². The van der Waals surface area contributed by atoms with Crippen LogP contribution in [0.25, 0.3) is 33.7 Å². The van der Waals surface area contributed by atoms with Gasteiger partial charge in [-0.2, -0.15) is 0 Å². The molecule has 2 heterocycles. The number of carbonyl (C=O) groups is 1. The van der Waals surface area contributed by atoms with E-state index >= 15 is 0 Å². The van der Waals surface area contributed by atoms with Gasteiger partial charge in [0.05, 0.1) is 0 Å². The predicted octanol–water partition coefficient (Wildman–Crippen LogP) is 6.63. The van der Waals surface area contributed by atoms with Crippen LogP contribution in [-0.4, -0.2) is 39.8 Å². The first-order valence-corrected chi connectivity index (χ1v) is 12.9. The van der Waals surface area contributed by atoms with E-state index in [0.717, 1.165) is 57.6 Å². The van der Waals surface area contributed by atoms with E-state index in [1.807, 2.05) is 42.7 Å². The number of nitrogens with zero attached hydrogens (tertiary/aromatic N) is 2. The highest BCUT2D eigenvalue weighted by Crippen LogP contribution is 2.35. The van der Waals surface area contributed by atoms with Crippen LogP contribution in [0.15, 0.2) is 70.0 Å². The standard InChI is InChI=1S/C28H28N2O3S/c1-18-21(19-9-4-3-5-10-19)11-8-12-22(18)27-29-23-15-20(26(34-2)16-25(23)33-27)17-30-14-7-6-13-24(30)28(31)32/h3-5,8-12,15-16,24H,6-7,13-14,17H2,1-2H3,(H,31,32)/t24-/m0/s1. The third-order valence-corrected chi connectivity index (χ3v) is 7.53. The highest BCUT2D eigenvalue weighted by atomic mass is 32.2. The Morgan fingerprint density at radius 2 is 1.91 bits per heavy atom. The van der Waals surface area contributed by atoms with E-state index < -0.39 is 12.0 Å². The number of carboxylic acid groups (broad SMARTS) is 1. The quantitative estimate of drug-likeness (QED) is 0.318. The lowest BCUT2D eigenvalue weighted by atomic mass is 9.96. The van der Waals surface area contributed by atoms with Crippen LogP contribution in [0.1, 0.15) is 30.4 Å². The zero-order valence-electron chi connectivity index (χ0n) is 19.5. The molecule has 1 saturated heterocycles. The minimum atomic E-state index is -0.732. The Morgan fingerprint density at radius 3 is 2.68 bits per heavy atom. The Morgan fingerprint density at radius 1 is 1.12 bits per heavy atom. The molecule has 4 aromatic rings. The molecule has 1 aliphatic heterocycles. The summed E-state index contributed by atoms with van der Waals surface area (Å²) in [5, 5.41) is 9.67. The molecule has 3 aromatic carbocycles. The lowest BCUT2D eigenvalue weighted by molar-refractivity contribution is -0.144. The average Bonchev–Trinajstić information content (AvgIpc) is 3.27. The van der Waals surface area contributed by atoms with Gasteiger partial charge >= 0.3 is 5.97 Å². The predicted molar refractivity (Wildman–Crippen MR) is 137 cm³/mol. The summed E-state index contributed by atoms with van der Waals surface area (Å²) in [7, 11) is 0. The molecule has 1 aromatic heterocycles. The zero-order chi connectivity index (χ0) is 23.7. The smallest absolute Gasteiger partial charge is 0.320 e. The first kappa shape index (κ1) is 22.7. The summed E-state index contributed by atoms with van der Waals surface area (Å²) in [6, 6.07) is 20.2. The number of fused-ring (bicyclic) bond motifs is 1.